The highest BCUT2D eigenvalue weighted by molar-refractivity contribution is 6.03. The molecule has 1 aliphatic rings. The summed E-state index contributed by atoms with van der Waals surface area (Å²) >= 11 is 0. The Labute approximate surface area is 147 Å². The van der Waals surface area contributed by atoms with Crippen LogP contribution in [0, 0.1) is 0 Å². The summed E-state index contributed by atoms with van der Waals surface area (Å²) < 4.78 is 0. The van der Waals surface area contributed by atoms with Crippen LogP contribution in [0.2, 0.25) is 0 Å². The number of hydrogen-bond donors (Lipinski definition) is 2. The molecule has 1 unspecified atom stereocenters. The fourth-order valence-corrected chi connectivity index (χ4v) is 3.40. The van der Waals surface area contributed by atoms with E-state index >= 15 is 0 Å². The zero-order valence-corrected chi connectivity index (χ0v) is 14.2. The summed E-state index contributed by atoms with van der Waals surface area (Å²) in [5.74, 6) is -0.660. The zero-order valence-electron chi connectivity index (χ0n) is 14.2. The molecule has 1 atom stereocenters. The normalized spacial score (nSPS) is 17.4. The van der Waals surface area contributed by atoms with Gasteiger partial charge in [-0.3, -0.25) is 14.5 Å². The van der Waals surface area contributed by atoms with Crippen molar-refractivity contribution >= 4 is 17.5 Å². The number of amides is 2. The number of carbonyl (C=O) groups is 2. The van der Waals surface area contributed by atoms with Gasteiger partial charge in [0.25, 0.3) is 5.91 Å². The van der Waals surface area contributed by atoms with Gasteiger partial charge in [-0.25, -0.2) is 0 Å². The standard InChI is InChI=1S/C20H23N3O2/c21-20(25)17-10-4-5-11-18(17)22-19(24)14-23-12-6-9-16(23)13-15-7-2-1-3-8-15/h1-5,7-8,10-11,16H,6,9,12-14H2,(H2,21,25)(H,22,24). The minimum Gasteiger partial charge on any atom is -0.366 e. The molecule has 3 rings (SSSR count). The van der Waals surface area contributed by atoms with Crippen LogP contribution in [0.5, 0.6) is 0 Å². The van der Waals surface area contributed by atoms with Gasteiger partial charge in [-0.2, -0.15) is 0 Å². The number of nitrogens with zero attached hydrogens (tertiary/aromatic N) is 1. The van der Waals surface area contributed by atoms with Crippen LogP contribution in [-0.4, -0.2) is 35.8 Å². The van der Waals surface area contributed by atoms with Gasteiger partial charge in [0, 0.05) is 6.04 Å². The van der Waals surface area contributed by atoms with E-state index in [0.717, 1.165) is 25.8 Å². The van der Waals surface area contributed by atoms with Gasteiger partial charge in [-0.15, -0.1) is 0 Å². The fraction of sp³-hybridized carbons (Fsp3) is 0.300. The van der Waals surface area contributed by atoms with E-state index in [-0.39, 0.29) is 5.91 Å². The summed E-state index contributed by atoms with van der Waals surface area (Å²) in [4.78, 5) is 26.1. The van der Waals surface area contributed by atoms with E-state index < -0.39 is 5.91 Å². The van der Waals surface area contributed by atoms with Crippen LogP contribution in [0.25, 0.3) is 0 Å². The molecular weight excluding hydrogens is 314 g/mol. The molecule has 1 aliphatic heterocycles. The molecule has 0 radical (unpaired) electrons. The van der Waals surface area contributed by atoms with Crippen molar-refractivity contribution in [2.24, 2.45) is 5.73 Å². The monoisotopic (exact) mass is 337 g/mol. The number of rotatable bonds is 6. The Kier molecular flexibility index (Phi) is 5.46. The lowest BCUT2D eigenvalue weighted by molar-refractivity contribution is -0.117. The van der Waals surface area contributed by atoms with Crippen LogP contribution in [0.1, 0.15) is 28.8 Å². The van der Waals surface area contributed by atoms with Crippen molar-refractivity contribution in [3.8, 4) is 0 Å². The lowest BCUT2D eigenvalue weighted by atomic mass is 10.0. The van der Waals surface area contributed by atoms with E-state index in [1.165, 1.54) is 5.56 Å². The quantitative estimate of drug-likeness (QED) is 0.850. The van der Waals surface area contributed by atoms with Crippen molar-refractivity contribution in [3.05, 3.63) is 65.7 Å². The number of anilines is 1. The Morgan fingerprint density at radius 2 is 1.80 bits per heavy atom. The van der Waals surface area contributed by atoms with Gasteiger partial charge in [0.15, 0.2) is 0 Å². The summed E-state index contributed by atoms with van der Waals surface area (Å²) in [7, 11) is 0. The Bertz CT molecular complexity index is 746. The molecule has 0 saturated carbocycles. The average molecular weight is 337 g/mol. The highest BCUT2D eigenvalue weighted by Gasteiger charge is 2.26. The average Bonchev–Trinajstić information content (AvgIpc) is 3.02. The van der Waals surface area contributed by atoms with Gasteiger partial charge >= 0.3 is 0 Å². The molecule has 2 aromatic carbocycles. The summed E-state index contributed by atoms with van der Waals surface area (Å²) in [6, 6.07) is 17.5. The lowest BCUT2D eigenvalue weighted by Gasteiger charge is -2.24. The summed E-state index contributed by atoms with van der Waals surface area (Å²) in [6.45, 7) is 1.24. The number of primary amides is 1. The van der Waals surface area contributed by atoms with E-state index in [1.54, 1.807) is 24.3 Å². The largest absolute Gasteiger partial charge is 0.366 e. The molecule has 2 amide bonds. The van der Waals surface area contributed by atoms with E-state index in [0.29, 0.717) is 23.8 Å². The number of nitrogens with two attached hydrogens (primary N) is 1. The topological polar surface area (TPSA) is 75.4 Å². The van der Waals surface area contributed by atoms with Crippen LogP contribution in [-0.2, 0) is 11.2 Å². The van der Waals surface area contributed by atoms with E-state index in [2.05, 4.69) is 22.3 Å². The molecule has 1 saturated heterocycles. The first kappa shape index (κ1) is 17.2. The smallest absolute Gasteiger partial charge is 0.250 e. The number of carbonyl (C=O) groups excluding carboxylic acids is 2. The van der Waals surface area contributed by atoms with Crippen LogP contribution < -0.4 is 11.1 Å². The number of para-hydroxylation sites is 1. The predicted octanol–water partition coefficient (Wildman–Crippen LogP) is 2.43. The fourth-order valence-electron chi connectivity index (χ4n) is 3.40. The van der Waals surface area contributed by atoms with Gasteiger partial charge in [0.05, 0.1) is 17.8 Å². The molecule has 1 fully saturated rings. The number of nitrogens with one attached hydrogen (secondary N) is 1. The summed E-state index contributed by atoms with van der Waals surface area (Å²) in [5.41, 5.74) is 7.45. The third-order valence-corrected chi connectivity index (χ3v) is 4.63. The minimum atomic E-state index is -0.543. The molecule has 1 heterocycles. The maximum atomic E-state index is 12.4. The maximum Gasteiger partial charge on any atom is 0.250 e. The molecule has 2 aromatic rings. The van der Waals surface area contributed by atoms with Crippen LogP contribution in [0.15, 0.2) is 54.6 Å². The van der Waals surface area contributed by atoms with Crippen molar-refractivity contribution in [3.63, 3.8) is 0 Å². The van der Waals surface area contributed by atoms with Crippen LogP contribution >= 0.6 is 0 Å². The molecule has 0 aromatic heterocycles. The third kappa shape index (κ3) is 4.45. The maximum absolute atomic E-state index is 12.4. The van der Waals surface area contributed by atoms with Gasteiger partial charge in [-0.05, 0) is 43.5 Å². The second-order valence-electron chi connectivity index (χ2n) is 6.41. The van der Waals surface area contributed by atoms with Gasteiger partial charge in [-0.1, -0.05) is 42.5 Å². The predicted molar refractivity (Wildman–Crippen MR) is 98.3 cm³/mol. The molecule has 0 aliphatic carbocycles. The molecule has 3 N–H and O–H groups in total. The second-order valence-corrected chi connectivity index (χ2v) is 6.41. The summed E-state index contributed by atoms with van der Waals surface area (Å²) in [5, 5.41) is 2.82. The Morgan fingerprint density at radius 1 is 1.08 bits per heavy atom. The first-order chi connectivity index (χ1) is 12.1. The van der Waals surface area contributed by atoms with Crippen molar-refractivity contribution in [2.45, 2.75) is 25.3 Å². The summed E-state index contributed by atoms with van der Waals surface area (Å²) in [6.07, 6.45) is 3.15. The highest BCUT2D eigenvalue weighted by atomic mass is 16.2. The van der Waals surface area contributed by atoms with Crippen molar-refractivity contribution in [2.75, 3.05) is 18.4 Å². The van der Waals surface area contributed by atoms with Crippen molar-refractivity contribution < 1.29 is 9.59 Å². The molecule has 5 nitrogen and oxygen atoms in total. The molecule has 0 bridgehead atoms. The first-order valence-electron chi connectivity index (χ1n) is 8.60. The van der Waals surface area contributed by atoms with Gasteiger partial charge in [0.1, 0.15) is 0 Å². The molecule has 0 spiro atoms. The number of hydrogen-bond acceptors (Lipinski definition) is 3. The van der Waals surface area contributed by atoms with E-state index in [9.17, 15) is 9.59 Å². The Morgan fingerprint density at radius 3 is 2.56 bits per heavy atom. The molecule has 5 heteroatoms. The number of benzene rings is 2. The first-order valence-corrected chi connectivity index (χ1v) is 8.60. The van der Waals surface area contributed by atoms with E-state index in [1.807, 2.05) is 18.2 Å². The van der Waals surface area contributed by atoms with Crippen molar-refractivity contribution in [1.29, 1.82) is 0 Å². The third-order valence-electron chi connectivity index (χ3n) is 4.63. The Balaban J connectivity index is 1.61. The highest BCUT2D eigenvalue weighted by Crippen LogP contribution is 2.21. The molecule has 25 heavy (non-hydrogen) atoms. The number of likely N-dealkylation sites (tertiary alicyclic amines) is 1. The van der Waals surface area contributed by atoms with Crippen LogP contribution in [0.3, 0.4) is 0 Å². The molecular formula is C20H23N3O2. The SMILES string of the molecule is NC(=O)c1ccccc1NC(=O)CN1CCCC1Cc1ccccc1. The zero-order chi connectivity index (χ0) is 17.6. The Hall–Kier alpha value is -2.66. The lowest BCUT2D eigenvalue weighted by Crippen LogP contribution is -2.38. The van der Waals surface area contributed by atoms with Crippen molar-refractivity contribution in [1.82, 2.24) is 4.90 Å². The minimum absolute atomic E-state index is 0.117. The molecule has 130 valence electrons. The van der Waals surface area contributed by atoms with E-state index in [4.69, 9.17) is 5.73 Å². The van der Waals surface area contributed by atoms with Crippen LogP contribution in [0.4, 0.5) is 5.69 Å². The van der Waals surface area contributed by atoms with Gasteiger partial charge < -0.3 is 11.1 Å². The second kappa shape index (κ2) is 7.94. The van der Waals surface area contributed by atoms with Gasteiger partial charge in [0.2, 0.25) is 5.91 Å².